The zero-order valence-electron chi connectivity index (χ0n) is 9.90. The van der Waals surface area contributed by atoms with Crippen LogP contribution in [0.2, 0.25) is 5.02 Å². The predicted octanol–water partition coefficient (Wildman–Crippen LogP) is 5.24. The van der Waals surface area contributed by atoms with E-state index in [1.807, 2.05) is 0 Å². The summed E-state index contributed by atoms with van der Waals surface area (Å²) >= 11 is 5.39. The molecule has 0 fully saturated rings. The van der Waals surface area contributed by atoms with Crippen LogP contribution in [0.4, 0.5) is 35.1 Å². The lowest BCUT2D eigenvalue weighted by Gasteiger charge is -2.29. The van der Waals surface area contributed by atoms with Crippen molar-refractivity contribution >= 4 is 11.6 Å². The molecule has 0 bridgehead atoms. The van der Waals surface area contributed by atoms with Crippen LogP contribution in [0.15, 0.2) is 24.3 Å². The van der Waals surface area contributed by atoms with Crippen LogP contribution in [-0.2, 0) is 0 Å². The van der Waals surface area contributed by atoms with Crippen molar-refractivity contribution in [2.75, 3.05) is 0 Å². The van der Waals surface area contributed by atoms with Gasteiger partial charge in [-0.05, 0) is 12.1 Å². The van der Waals surface area contributed by atoms with Gasteiger partial charge in [-0.15, -0.1) is 0 Å². The first-order valence-electron chi connectivity index (χ1n) is 5.27. The van der Waals surface area contributed by atoms with Crippen LogP contribution in [0, 0.1) is 0 Å². The van der Waals surface area contributed by atoms with Crippen molar-refractivity contribution in [3.05, 3.63) is 29.3 Å². The highest BCUT2D eigenvalue weighted by Crippen LogP contribution is 2.44. The molecule has 0 heterocycles. The molecule has 1 nitrogen and oxygen atoms in total. The van der Waals surface area contributed by atoms with Crippen molar-refractivity contribution in [2.24, 2.45) is 0 Å². The molecule has 0 amide bonds. The Balaban J connectivity index is 2.96. The Morgan fingerprint density at radius 2 is 1.52 bits per heavy atom. The molecule has 10 heteroatoms. The first kappa shape index (κ1) is 17.8. The highest BCUT2D eigenvalue weighted by Gasteiger charge is 2.66. The third-order valence-electron chi connectivity index (χ3n) is 2.27. The zero-order chi connectivity index (χ0) is 16.5. The monoisotopic (exact) mass is 342 g/mol. The average Bonchev–Trinajstić information content (AvgIpc) is 2.29. The van der Waals surface area contributed by atoms with Crippen molar-refractivity contribution < 1.29 is 39.9 Å². The molecular weight excluding hydrogens is 336 g/mol. The minimum absolute atomic E-state index is 0.487. The highest BCUT2D eigenvalue weighted by atomic mass is 35.5. The number of halogens is 9. The summed E-state index contributed by atoms with van der Waals surface area (Å²) < 4.78 is 105. The van der Waals surface area contributed by atoms with Crippen LogP contribution >= 0.6 is 11.6 Å². The lowest BCUT2D eigenvalue weighted by molar-refractivity contribution is -0.334. The second-order valence-corrected chi connectivity index (χ2v) is 4.37. The molecule has 0 aromatic heterocycles. The first-order chi connectivity index (χ1) is 9.37. The van der Waals surface area contributed by atoms with Crippen molar-refractivity contribution in [1.29, 1.82) is 0 Å². The summed E-state index contributed by atoms with van der Waals surface area (Å²) in [5.41, 5.74) is 0. The number of hydrogen-bond donors (Lipinski definition) is 0. The van der Waals surface area contributed by atoms with Crippen molar-refractivity contribution in [3.63, 3.8) is 0 Å². The number of ether oxygens (including phenoxy) is 1. The molecule has 0 aliphatic heterocycles. The Morgan fingerprint density at radius 3 is 2.00 bits per heavy atom. The van der Waals surface area contributed by atoms with Gasteiger partial charge in [0.2, 0.25) is 0 Å². The van der Waals surface area contributed by atoms with Crippen LogP contribution in [0.25, 0.3) is 0 Å². The number of rotatable bonds is 5. The van der Waals surface area contributed by atoms with Crippen molar-refractivity contribution in [3.8, 4) is 5.75 Å². The van der Waals surface area contributed by atoms with Crippen molar-refractivity contribution in [2.45, 2.75) is 30.8 Å². The summed E-state index contributed by atoms with van der Waals surface area (Å²) in [6, 6.07) is 4.18. The molecule has 0 aliphatic carbocycles. The maximum absolute atomic E-state index is 13.3. The third kappa shape index (κ3) is 4.36. The second kappa shape index (κ2) is 5.86. The molecule has 0 saturated heterocycles. The predicted molar refractivity (Wildman–Crippen MR) is 57.5 cm³/mol. The van der Waals surface area contributed by atoms with Gasteiger partial charge < -0.3 is 4.74 Å². The standard InChI is InChI=1S/C11H7ClF8O/c12-6-3-1-2-4-7(6)21-11(19,20)10(17,18)8(13)5-9(14,15)16/h1-4,8H,5H2. The summed E-state index contributed by atoms with van der Waals surface area (Å²) in [6.45, 7) is 0. The van der Waals surface area contributed by atoms with Crippen LogP contribution in [0.1, 0.15) is 6.42 Å². The smallest absolute Gasteiger partial charge is 0.426 e. The number of hydrogen-bond acceptors (Lipinski definition) is 1. The summed E-state index contributed by atoms with van der Waals surface area (Å²) in [4.78, 5) is 0. The van der Waals surface area contributed by atoms with E-state index in [0.29, 0.717) is 0 Å². The number of benzene rings is 1. The number of alkyl halides is 8. The first-order valence-corrected chi connectivity index (χ1v) is 5.64. The summed E-state index contributed by atoms with van der Waals surface area (Å²) in [5, 5.41) is -0.487. The van der Waals surface area contributed by atoms with E-state index in [-0.39, 0.29) is 0 Å². The minimum Gasteiger partial charge on any atom is -0.426 e. The van der Waals surface area contributed by atoms with Gasteiger partial charge in [-0.25, -0.2) is 4.39 Å². The van der Waals surface area contributed by atoms with E-state index in [1.165, 1.54) is 6.07 Å². The van der Waals surface area contributed by atoms with E-state index in [2.05, 4.69) is 4.74 Å². The van der Waals surface area contributed by atoms with Gasteiger partial charge in [0.15, 0.2) is 6.17 Å². The molecule has 0 N–H and O–H groups in total. The topological polar surface area (TPSA) is 9.23 Å². The van der Waals surface area contributed by atoms with Gasteiger partial charge in [-0.2, -0.15) is 30.7 Å². The van der Waals surface area contributed by atoms with Gasteiger partial charge in [0.05, 0.1) is 11.4 Å². The van der Waals surface area contributed by atoms with E-state index in [1.54, 1.807) is 0 Å². The molecule has 1 aromatic carbocycles. The normalized spacial score (nSPS) is 14.9. The lowest BCUT2D eigenvalue weighted by Crippen LogP contribution is -2.52. The zero-order valence-corrected chi connectivity index (χ0v) is 10.7. The van der Waals surface area contributed by atoms with Crippen LogP contribution in [0.5, 0.6) is 5.75 Å². The molecule has 0 spiro atoms. The summed E-state index contributed by atoms with van der Waals surface area (Å²) in [6.07, 6.45) is -17.8. The fourth-order valence-electron chi connectivity index (χ4n) is 1.25. The highest BCUT2D eigenvalue weighted by molar-refractivity contribution is 6.32. The molecule has 1 rings (SSSR count). The van der Waals surface area contributed by atoms with Gasteiger partial charge in [0, 0.05) is 0 Å². The average molecular weight is 343 g/mol. The van der Waals surface area contributed by atoms with E-state index in [0.717, 1.165) is 18.2 Å². The van der Waals surface area contributed by atoms with Crippen molar-refractivity contribution in [1.82, 2.24) is 0 Å². The van der Waals surface area contributed by atoms with Gasteiger partial charge in [-0.1, -0.05) is 23.7 Å². The van der Waals surface area contributed by atoms with Crippen LogP contribution in [-0.4, -0.2) is 24.4 Å². The molecule has 1 aromatic rings. The van der Waals surface area contributed by atoms with Crippen LogP contribution in [0.3, 0.4) is 0 Å². The Labute approximate surface area is 118 Å². The second-order valence-electron chi connectivity index (χ2n) is 3.96. The lowest BCUT2D eigenvalue weighted by atomic mass is 10.1. The Hall–Kier alpha value is -1.25. The maximum atomic E-state index is 13.3. The van der Waals surface area contributed by atoms with E-state index < -0.39 is 41.6 Å². The Bertz CT molecular complexity index is 487. The molecular formula is C11H7ClF8O. The quantitative estimate of drug-likeness (QED) is 0.665. The van der Waals surface area contributed by atoms with E-state index in [4.69, 9.17) is 11.6 Å². The molecule has 120 valence electrons. The molecule has 1 unspecified atom stereocenters. The molecule has 1 atom stereocenters. The number of para-hydroxylation sites is 1. The largest absolute Gasteiger partial charge is 0.467 e. The Kier molecular flexibility index (Phi) is 4.97. The maximum Gasteiger partial charge on any atom is 0.467 e. The van der Waals surface area contributed by atoms with Gasteiger partial charge >= 0.3 is 18.2 Å². The van der Waals surface area contributed by atoms with Crippen LogP contribution < -0.4 is 4.74 Å². The third-order valence-corrected chi connectivity index (χ3v) is 2.58. The fourth-order valence-corrected chi connectivity index (χ4v) is 1.42. The minimum atomic E-state index is -5.69. The summed E-state index contributed by atoms with van der Waals surface area (Å²) in [7, 11) is 0. The summed E-state index contributed by atoms with van der Waals surface area (Å²) in [5.74, 6) is -6.61. The molecule has 0 saturated carbocycles. The van der Waals surface area contributed by atoms with Gasteiger partial charge in [0.25, 0.3) is 0 Å². The molecule has 0 aliphatic rings. The Morgan fingerprint density at radius 1 is 1.00 bits per heavy atom. The van der Waals surface area contributed by atoms with Gasteiger partial charge in [0.1, 0.15) is 5.75 Å². The fraction of sp³-hybridized carbons (Fsp3) is 0.455. The van der Waals surface area contributed by atoms with E-state index in [9.17, 15) is 35.1 Å². The van der Waals surface area contributed by atoms with E-state index >= 15 is 0 Å². The van der Waals surface area contributed by atoms with Gasteiger partial charge in [-0.3, -0.25) is 0 Å². The molecule has 21 heavy (non-hydrogen) atoms. The SMILES string of the molecule is FC(CC(F)(F)F)C(F)(F)C(F)(F)Oc1ccccc1Cl. The molecule has 0 radical (unpaired) electrons.